The zero-order chi connectivity index (χ0) is 14.3. The molecule has 2 aromatic carbocycles. The molecule has 20 heavy (non-hydrogen) atoms. The van der Waals surface area contributed by atoms with E-state index in [1.54, 1.807) is 36.4 Å². The molecule has 5 heteroatoms. The van der Waals surface area contributed by atoms with E-state index in [9.17, 15) is 14.0 Å². The summed E-state index contributed by atoms with van der Waals surface area (Å²) >= 11 is 3.14. The molecule has 2 amide bonds. The van der Waals surface area contributed by atoms with Crippen molar-refractivity contribution in [2.75, 3.05) is 0 Å². The summed E-state index contributed by atoms with van der Waals surface area (Å²) in [6.07, 6.45) is 0. The van der Waals surface area contributed by atoms with Gasteiger partial charge in [0.15, 0.2) is 0 Å². The molecule has 3 nitrogen and oxygen atoms in total. The van der Waals surface area contributed by atoms with E-state index in [-0.39, 0.29) is 22.8 Å². The molecular weight excluding hydrogens is 325 g/mol. The first-order valence-corrected chi connectivity index (χ1v) is 6.77. The number of benzene rings is 2. The third-order valence-corrected chi connectivity index (χ3v) is 4.13. The van der Waals surface area contributed by atoms with Gasteiger partial charge in [-0.25, -0.2) is 4.39 Å². The van der Waals surface area contributed by atoms with Crippen LogP contribution in [0.3, 0.4) is 0 Å². The monoisotopic (exact) mass is 333 g/mol. The maximum atomic E-state index is 13.5. The average Bonchev–Trinajstić information content (AvgIpc) is 2.69. The minimum Gasteiger partial charge on any atom is -0.270 e. The fourth-order valence-electron chi connectivity index (χ4n) is 2.22. The van der Waals surface area contributed by atoms with Crippen LogP contribution in [0.1, 0.15) is 26.3 Å². The SMILES string of the molecule is O=C1c2ccccc2C(=O)N1Cc1cccc(F)c1Br. The van der Waals surface area contributed by atoms with Crippen molar-refractivity contribution in [1.29, 1.82) is 0 Å². The van der Waals surface area contributed by atoms with E-state index in [0.717, 1.165) is 4.90 Å². The fraction of sp³-hybridized carbons (Fsp3) is 0.0667. The van der Waals surface area contributed by atoms with E-state index in [0.29, 0.717) is 16.7 Å². The lowest BCUT2D eigenvalue weighted by Gasteiger charge is -2.15. The van der Waals surface area contributed by atoms with Crippen LogP contribution in [0.4, 0.5) is 4.39 Å². The Morgan fingerprint density at radius 1 is 0.950 bits per heavy atom. The molecule has 0 bridgehead atoms. The molecule has 0 saturated heterocycles. The molecule has 2 aromatic rings. The van der Waals surface area contributed by atoms with Gasteiger partial charge in [0.05, 0.1) is 22.1 Å². The van der Waals surface area contributed by atoms with E-state index in [4.69, 9.17) is 0 Å². The summed E-state index contributed by atoms with van der Waals surface area (Å²) < 4.78 is 13.7. The molecule has 0 fully saturated rings. The molecule has 0 spiro atoms. The quantitative estimate of drug-likeness (QED) is 0.790. The smallest absolute Gasteiger partial charge is 0.261 e. The van der Waals surface area contributed by atoms with E-state index < -0.39 is 5.82 Å². The van der Waals surface area contributed by atoms with Gasteiger partial charge < -0.3 is 0 Å². The van der Waals surface area contributed by atoms with Crippen molar-refractivity contribution in [2.24, 2.45) is 0 Å². The Kier molecular flexibility index (Phi) is 3.14. The number of rotatable bonds is 2. The summed E-state index contributed by atoms with van der Waals surface area (Å²) in [5.74, 6) is -1.11. The number of hydrogen-bond donors (Lipinski definition) is 0. The first-order chi connectivity index (χ1) is 9.59. The minimum atomic E-state index is -0.417. The van der Waals surface area contributed by atoms with Crippen molar-refractivity contribution in [3.63, 3.8) is 0 Å². The number of halogens is 2. The summed E-state index contributed by atoms with van der Waals surface area (Å²) in [5.41, 5.74) is 1.34. The van der Waals surface area contributed by atoms with E-state index in [1.807, 2.05) is 0 Å². The normalized spacial score (nSPS) is 13.8. The topological polar surface area (TPSA) is 37.4 Å². The lowest BCUT2D eigenvalue weighted by molar-refractivity contribution is 0.0642. The standard InChI is InChI=1S/C15H9BrFNO2/c16-13-9(4-3-7-12(13)17)8-18-14(19)10-5-1-2-6-11(10)15(18)20/h1-7H,8H2. The highest BCUT2D eigenvalue weighted by molar-refractivity contribution is 9.10. The van der Waals surface area contributed by atoms with Crippen molar-refractivity contribution in [3.8, 4) is 0 Å². The number of carbonyl (C=O) groups is 2. The maximum absolute atomic E-state index is 13.5. The highest BCUT2D eigenvalue weighted by Gasteiger charge is 2.35. The Balaban J connectivity index is 1.96. The van der Waals surface area contributed by atoms with E-state index >= 15 is 0 Å². The fourth-order valence-corrected chi connectivity index (χ4v) is 2.61. The van der Waals surface area contributed by atoms with Gasteiger partial charge in [-0.1, -0.05) is 24.3 Å². The minimum absolute atomic E-state index is 0.0463. The average molecular weight is 334 g/mol. The molecule has 0 saturated carbocycles. The molecule has 1 aliphatic rings. The zero-order valence-electron chi connectivity index (χ0n) is 10.3. The molecular formula is C15H9BrFNO2. The molecule has 1 heterocycles. The highest BCUT2D eigenvalue weighted by atomic mass is 79.9. The molecule has 0 unspecified atom stereocenters. The number of carbonyl (C=O) groups excluding carboxylic acids is 2. The van der Waals surface area contributed by atoms with Gasteiger partial charge in [-0.3, -0.25) is 14.5 Å². The molecule has 100 valence electrons. The summed E-state index contributed by atoms with van der Waals surface area (Å²) in [5, 5.41) is 0. The summed E-state index contributed by atoms with van der Waals surface area (Å²) in [4.78, 5) is 25.5. The Morgan fingerprint density at radius 2 is 1.55 bits per heavy atom. The number of hydrogen-bond acceptors (Lipinski definition) is 2. The Labute approximate surface area is 123 Å². The first kappa shape index (κ1) is 13.0. The van der Waals surface area contributed by atoms with Gasteiger partial charge in [0.25, 0.3) is 11.8 Å². The Bertz CT molecular complexity index is 695. The van der Waals surface area contributed by atoms with Crippen LogP contribution in [-0.4, -0.2) is 16.7 Å². The molecule has 3 rings (SSSR count). The van der Waals surface area contributed by atoms with Gasteiger partial charge in [-0.2, -0.15) is 0 Å². The van der Waals surface area contributed by atoms with Crippen molar-refractivity contribution in [3.05, 3.63) is 69.4 Å². The van der Waals surface area contributed by atoms with Crippen LogP contribution in [0.25, 0.3) is 0 Å². The highest BCUT2D eigenvalue weighted by Crippen LogP contribution is 2.27. The van der Waals surface area contributed by atoms with Gasteiger partial charge in [0.2, 0.25) is 0 Å². The van der Waals surface area contributed by atoms with E-state index in [1.165, 1.54) is 6.07 Å². The predicted octanol–water partition coefficient (Wildman–Crippen LogP) is 3.38. The third-order valence-electron chi connectivity index (χ3n) is 3.24. The third kappa shape index (κ3) is 1.94. The van der Waals surface area contributed by atoms with Crippen LogP contribution in [0.2, 0.25) is 0 Å². The second-order valence-corrected chi connectivity index (χ2v) is 5.25. The summed E-state index contributed by atoms with van der Waals surface area (Å²) in [7, 11) is 0. The lowest BCUT2D eigenvalue weighted by Crippen LogP contribution is -2.29. The molecule has 0 aromatic heterocycles. The summed E-state index contributed by atoms with van der Waals surface area (Å²) in [6, 6.07) is 11.2. The molecule has 0 N–H and O–H groups in total. The molecule has 0 aliphatic carbocycles. The number of fused-ring (bicyclic) bond motifs is 1. The van der Waals surface area contributed by atoms with Crippen molar-refractivity contribution in [1.82, 2.24) is 4.90 Å². The van der Waals surface area contributed by atoms with Gasteiger partial charge in [0.1, 0.15) is 5.82 Å². The van der Waals surface area contributed by atoms with Crippen molar-refractivity contribution < 1.29 is 14.0 Å². The lowest BCUT2D eigenvalue weighted by atomic mass is 10.1. The van der Waals surface area contributed by atoms with Gasteiger partial charge >= 0.3 is 0 Å². The number of nitrogens with zero attached hydrogens (tertiary/aromatic N) is 1. The second kappa shape index (κ2) is 4.83. The maximum Gasteiger partial charge on any atom is 0.261 e. The van der Waals surface area contributed by atoms with Crippen LogP contribution in [0.15, 0.2) is 46.9 Å². The van der Waals surface area contributed by atoms with Crippen molar-refractivity contribution >= 4 is 27.7 Å². The largest absolute Gasteiger partial charge is 0.270 e. The van der Waals surface area contributed by atoms with Gasteiger partial charge in [-0.15, -0.1) is 0 Å². The molecule has 0 radical (unpaired) electrons. The number of amides is 2. The number of imide groups is 1. The van der Waals surface area contributed by atoms with Crippen molar-refractivity contribution in [2.45, 2.75) is 6.54 Å². The van der Waals surface area contributed by atoms with Gasteiger partial charge in [0, 0.05) is 0 Å². The molecule has 0 atom stereocenters. The Hall–Kier alpha value is -2.01. The first-order valence-electron chi connectivity index (χ1n) is 5.97. The van der Waals surface area contributed by atoms with Crippen LogP contribution in [0, 0.1) is 5.82 Å². The van der Waals surface area contributed by atoms with Crippen LogP contribution in [-0.2, 0) is 6.54 Å². The van der Waals surface area contributed by atoms with Crippen LogP contribution < -0.4 is 0 Å². The predicted molar refractivity (Wildman–Crippen MR) is 74.7 cm³/mol. The van der Waals surface area contributed by atoms with Gasteiger partial charge in [-0.05, 0) is 39.7 Å². The second-order valence-electron chi connectivity index (χ2n) is 4.45. The summed E-state index contributed by atoms with van der Waals surface area (Å²) in [6.45, 7) is 0.0463. The Morgan fingerprint density at radius 3 is 2.15 bits per heavy atom. The molecule has 1 aliphatic heterocycles. The van der Waals surface area contributed by atoms with Crippen LogP contribution >= 0.6 is 15.9 Å². The van der Waals surface area contributed by atoms with E-state index in [2.05, 4.69) is 15.9 Å². The van der Waals surface area contributed by atoms with Crippen LogP contribution in [0.5, 0.6) is 0 Å². The zero-order valence-corrected chi connectivity index (χ0v) is 11.9.